The van der Waals surface area contributed by atoms with Crippen LogP contribution in [0.1, 0.15) is 11.1 Å². The zero-order chi connectivity index (χ0) is 7.56. The van der Waals surface area contributed by atoms with Crippen LogP contribution in [-0.2, 0) is 5.33 Å². The van der Waals surface area contributed by atoms with Crippen molar-refractivity contribution in [2.24, 2.45) is 0 Å². The zero-order valence-electron chi connectivity index (χ0n) is 5.70. The maximum absolute atomic E-state index is 3.41. The summed E-state index contributed by atoms with van der Waals surface area (Å²) in [4.78, 5) is 0. The highest BCUT2D eigenvalue weighted by molar-refractivity contribution is 14.1. The van der Waals surface area contributed by atoms with Crippen LogP contribution >= 0.6 is 38.5 Å². The molecule has 2 heteroatoms. The Bertz CT molecular complexity index is 233. The molecule has 0 amide bonds. The summed E-state index contributed by atoms with van der Waals surface area (Å²) >= 11 is 5.76. The Labute approximate surface area is 83.3 Å². The van der Waals surface area contributed by atoms with E-state index in [2.05, 4.69) is 63.6 Å². The topological polar surface area (TPSA) is 0 Å². The minimum atomic E-state index is 0.949. The molecule has 54 valence electrons. The summed E-state index contributed by atoms with van der Waals surface area (Å²) < 4.78 is 1.34. The third-order valence-electron chi connectivity index (χ3n) is 1.38. The number of rotatable bonds is 1. The smallest absolute Gasteiger partial charge is 0.0283 e. The van der Waals surface area contributed by atoms with Gasteiger partial charge in [0.25, 0.3) is 0 Å². The minimum absolute atomic E-state index is 0.949. The third kappa shape index (κ3) is 1.95. The van der Waals surface area contributed by atoms with Gasteiger partial charge in [0.1, 0.15) is 0 Å². The first-order chi connectivity index (χ1) is 4.74. The van der Waals surface area contributed by atoms with Gasteiger partial charge in [0.15, 0.2) is 0 Å². The Morgan fingerprint density at radius 1 is 1.50 bits per heavy atom. The van der Waals surface area contributed by atoms with Crippen molar-refractivity contribution in [3.63, 3.8) is 0 Å². The monoisotopic (exact) mass is 310 g/mol. The Hall–Kier alpha value is 0.430. The van der Waals surface area contributed by atoms with Crippen molar-refractivity contribution < 1.29 is 0 Å². The van der Waals surface area contributed by atoms with E-state index < -0.39 is 0 Å². The molecule has 1 aromatic rings. The molecule has 0 N–H and O–H groups in total. The van der Waals surface area contributed by atoms with Crippen molar-refractivity contribution in [1.29, 1.82) is 0 Å². The van der Waals surface area contributed by atoms with Crippen LogP contribution in [0.4, 0.5) is 0 Å². The van der Waals surface area contributed by atoms with Crippen LogP contribution in [0, 0.1) is 10.5 Å². The second-order valence-corrected chi connectivity index (χ2v) is 3.94. The van der Waals surface area contributed by atoms with Gasteiger partial charge in [-0.15, -0.1) is 0 Å². The summed E-state index contributed by atoms with van der Waals surface area (Å²) in [6.07, 6.45) is 0. The highest BCUT2D eigenvalue weighted by Crippen LogP contribution is 2.14. The Balaban J connectivity index is 3.04. The Kier molecular flexibility index (Phi) is 3.17. The fourth-order valence-corrected chi connectivity index (χ4v) is 1.47. The predicted octanol–water partition coefficient (Wildman–Crippen LogP) is 3.49. The standard InChI is InChI=1S/C8H8BrI/c1-6-4-7(5-9)2-3-8(6)10/h2-4H,5H2,1H3. The average Bonchev–Trinajstić information content (AvgIpc) is 1.95. The maximum Gasteiger partial charge on any atom is 0.0283 e. The van der Waals surface area contributed by atoms with Gasteiger partial charge in [-0.05, 0) is 46.7 Å². The Morgan fingerprint density at radius 2 is 2.20 bits per heavy atom. The van der Waals surface area contributed by atoms with E-state index in [9.17, 15) is 0 Å². The molecule has 0 unspecified atom stereocenters. The molecule has 0 aromatic heterocycles. The SMILES string of the molecule is Cc1cc(CBr)ccc1I. The third-order valence-corrected chi connectivity index (χ3v) is 3.23. The number of halogens is 2. The molecule has 1 rings (SSSR count). The predicted molar refractivity (Wildman–Crippen MR) is 56.5 cm³/mol. The Morgan fingerprint density at radius 3 is 2.70 bits per heavy atom. The summed E-state index contributed by atoms with van der Waals surface area (Å²) in [5, 5.41) is 0.949. The number of alkyl halides is 1. The normalized spacial score (nSPS) is 9.90. The molecule has 0 atom stereocenters. The molecule has 0 aliphatic rings. The lowest BCUT2D eigenvalue weighted by Gasteiger charge is -1.99. The summed E-state index contributed by atoms with van der Waals surface area (Å²) in [6, 6.07) is 6.49. The van der Waals surface area contributed by atoms with Crippen LogP contribution in [0.5, 0.6) is 0 Å². The fraction of sp³-hybridized carbons (Fsp3) is 0.250. The first kappa shape index (κ1) is 8.53. The lowest BCUT2D eigenvalue weighted by atomic mass is 10.2. The van der Waals surface area contributed by atoms with Crippen LogP contribution in [-0.4, -0.2) is 0 Å². The highest BCUT2D eigenvalue weighted by atomic mass is 127. The molecule has 1 aromatic carbocycles. The van der Waals surface area contributed by atoms with Gasteiger partial charge in [-0.2, -0.15) is 0 Å². The van der Waals surface area contributed by atoms with E-state index in [0.717, 1.165) is 5.33 Å². The van der Waals surface area contributed by atoms with Crippen molar-refractivity contribution in [2.75, 3.05) is 0 Å². The summed E-state index contributed by atoms with van der Waals surface area (Å²) in [5.74, 6) is 0. The zero-order valence-corrected chi connectivity index (χ0v) is 9.44. The van der Waals surface area contributed by atoms with Gasteiger partial charge in [-0.1, -0.05) is 28.1 Å². The molecule has 0 radical (unpaired) electrons. The second-order valence-electron chi connectivity index (χ2n) is 2.22. The first-order valence-electron chi connectivity index (χ1n) is 3.05. The van der Waals surface area contributed by atoms with Crippen LogP contribution in [0.15, 0.2) is 18.2 Å². The number of aryl methyl sites for hydroxylation is 1. The summed E-state index contributed by atoms with van der Waals surface area (Å²) in [6.45, 7) is 2.13. The van der Waals surface area contributed by atoms with E-state index in [1.165, 1.54) is 14.7 Å². The van der Waals surface area contributed by atoms with Crippen LogP contribution < -0.4 is 0 Å². The van der Waals surface area contributed by atoms with Gasteiger partial charge < -0.3 is 0 Å². The van der Waals surface area contributed by atoms with Crippen molar-refractivity contribution in [3.8, 4) is 0 Å². The summed E-state index contributed by atoms with van der Waals surface area (Å²) in [7, 11) is 0. The molecular formula is C8H8BrI. The quantitative estimate of drug-likeness (QED) is 0.550. The molecule has 0 saturated heterocycles. The van der Waals surface area contributed by atoms with E-state index in [-0.39, 0.29) is 0 Å². The van der Waals surface area contributed by atoms with Crippen LogP contribution in [0.3, 0.4) is 0 Å². The van der Waals surface area contributed by atoms with Gasteiger partial charge in [-0.25, -0.2) is 0 Å². The summed E-state index contributed by atoms with van der Waals surface area (Å²) in [5.41, 5.74) is 2.70. The van der Waals surface area contributed by atoms with Crippen molar-refractivity contribution in [2.45, 2.75) is 12.3 Å². The number of hydrogen-bond donors (Lipinski definition) is 0. The van der Waals surface area contributed by atoms with E-state index in [1.807, 2.05) is 0 Å². The molecule has 0 aliphatic heterocycles. The van der Waals surface area contributed by atoms with E-state index in [1.54, 1.807) is 0 Å². The van der Waals surface area contributed by atoms with Crippen molar-refractivity contribution in [1.82, 2.24) is 0 Å². The van der Waals surface area contributed by atoms with Crippen LogP contribution in [0.25, 0.3) is 0 Å². The van der Waals surface area contributed by atoms with E-state index >= 15 is 0 Å². The molecular weight excluding hydrogens is 303 g/mol. The second kappa shape index (κ2) is 3.72. The molecule has 0 nitrogen and oxygen atoms in total. The van der Waals surface area contributed by atoms with Gasteiger partial charge in [-0.3, -0.25) is 0 Å². The van der Waals surface area contributed by atoms with Gasteiger partial charge in [0.05, 0.1) is 0 Å². The van der Waals surface area contributed by atoms with Gasteiger partial charge in [0, 0.05) is 8.90 Å². The number of hydrogen-bond acceptors (Lipinski definition) is 0. The largest absolute Gasteiger partial charge is 0.0876 e. The molecule has 0 spiro atoms. The molecule has 10 heavy (non-hydrogen) atoms. The molecule has 0 bridgehead atoms. The van der Waals surface area contributed by atoms with Crippen LogP contribution in [0.2, 0.25) is 0 Å². The maximum atomic E-state index is 3.41. The lowest BCUT2D eigenvalue weighted by Crippen LogP contribution is -1.82. The molecule has 0 aliphatic carbocycles. The molecule has 0 heterocycles. The van der Waals surface area contributed by atoms with Crippen molar-refractivity contribution in [3.05, 3.63) is 32.9 Å². The highest BCUT2D eigenvalue weighted by Gasteiger charge is 1.94. The van der Waals surface area contributed by atoms with Gasteiger partial charge in [0.2, 0.25) is 0 Å². The molecule has 0 fully saturated rings. The number of benzene rings is 1. The first-order valence-corrected chi connectivity index (χ1v) is 5.25. The minimum Gasteiger partial charge on any atom is -0.0876 e. The van der Waals surface area contributed by atoms with Crippen molar-refractivity contribution >= 4 is 38.5 Å². The van der Waals surface area contributed by atoms with E-state index in [4.69, 9.17) is 0 Å². The average molecular weight is 311 g/mol. The van der Waals surface area contributed by atoms with E-state index in [0.29, 0.717) is 0 Å². The van der Waals surface area contributed by atoms with Gasteiger partial charge >= 0.3 is 0 Å². The fourth-order valence-electron chi connectivity index (χ4n) is 0.790. The lowest BCUT2D eigenvalue weighted by molar-refractivity contribution is 1.34. The molecule has 0 saturated carbocycles.